The molecule has 2 N–H and O–H groups in total. The minimum absolute atomic E-state index is 0.148. The van der Waals surface area contributed by atoms with Gasteiger partial charge in [0.05, 0.1) is 11.4 Å². The van der Waals surface area contributed by atoms with E-state index in [0.29, 0.717) is 10.8 Å². The molecule has 0 unspecified atom stereocenters. The number of aromatic amines is 1. The SMILES string of the molecule is O=C(O)CSc1n[nH]c(=O)n1-c1ccc2sccc2c1. The fourth-order valence-electron chi connectivity index (χ4n) is 1.83. The van der Waals surface area contributed by atoms with E-state index in [2.05, 4.69) is 10.2 Å². The van der Waals surface area contributed by atoms with E-state index in [0.717, 1.165) is 21.8 Å². The van der Waals surface area contributed by atoms with E-state index in [1.807, 2.05) is 29.6 Å². The molecule has 0 amide bonds. The molecule has 2 heterocycles. The molecule has 102 valence electrons. The van der Waals surface area contributed by atoms with Crippen molar-refractivity contribution < 1.29 is 9.90 Å². The molecule has 0 aliphatic heterocycles. The zero-order valence-electron chi connectivity index (χ0n) is 10.1. The van der Waals surface area contributed by atoms with Gasteiger partial charge in [0.1, 0.15) is 0 Å². The smallest absolute Gasteiger partial charge is 0.348 e. The molecule has 3 rings (SSSR count). The molecule has 0 atom stereocenters. The quantitative estimate of drug-likeness (QED) is 0.719. The van der Waals surface area contributed by atoms with Crippen molar-refractivity contribution in [2.24, 2.45) is 0 Å². The van der Waals surface area contributed by atoms with E-state index in [-0.39, 0.29) is 11.4 Å². The summed E-state index contributed by atoms with van der Waals surface area (Å²) in [6.45, 7) is 0. The van der Waals surface area contributed by atoms with E-state index < -0.39 is 5.97 Å². The van der Waals surface area contributed by atoms with Gasteiger partial charge in [-0.25, -0.2) is 14.5 Å². The fourth-order valence-corrected chi connectivity index (χ4v) is 3.28. The van der Waals surface area contributed by atoms with Gasteiger partial charge >= 0.3 is 11.7 Å². The molecule has 20 heavy (non-hydrogen) atoms. The van der Waals surface area contributed by atoms with Gasteiger partial charge in [0.15, 0.2) is 5.16 Å². The number of carboxylic acid groups (broad SMARTS) is 1. The van der Waals surface area contributed by atoms with Crippen LogP contribution in [0.4, 0.5) is 0 Å². The van der Waals surface area contributed by atoms with Crippen molar-refractivity contribution >= 4 is 39.2 Å². The van der Waals surface area contributed by atoms with Crippen molar-refractivity contribution in [3.05, 3.63) is 40.1 Å². The first-order chi connectivity index (χ1) is 9.65. The van der Waals surface area contributed by atoms with Crippen molar-refractivity contribution in [3.8, 4) is 5.69 Å². The Labute approximate surface area is 121 Å². The van der Waals surface area contributed by atoms with Crippen molar-refractivity contribution in [2.75, 3.05) is 5.75 Å². The number of carbonyl (C=O) groups is 1. The van der Waals surface area contributed by atoms with Crippen LogP contribution < -0.4 is 5.69 Å². The number of rotatable bonds is 4. The molecule has 0 saturated carbocycles. The highest BCUT2D eigenvalue weighted by molar-refractivity contribution is 7.99. The van der Waals surface area contributed by atoms with Crippen LogP contribution in [0.2, 0.25) is 0 Å². The number of carboxylic acids is 1. The maximum atomic E-state index is 11.8. The summed E-state index contributed by atoms with van der Waals surface area (Å²) >= 11 is 2.62. The van der Waals surface area contributed by atoms with Crippen LogP contribution in [-0.2, 0) is 4.79 Å². The van der Waals surface area contributed by atoms with Gasteiger partial charge in [0, 0.05) is 4.70 Å². The molecule has 6 nitrogen and oxygen atoms in total. The van der Waals surface area contributed by atoms with E-state index >= 15 is 0 Å². The Morgan fingerprint density at radius 1 is 1.45 bits per heavy atom. The third-order valence-corrected chi connectivity index (χ3v) is 4.48. The summed E-state index contributed by atoms with van der Waals surface area (Å²) in [7, 11) is 0. The summed E-state index contributed by atoms with van der Waals surface area (Å²) in [5, 5.41) is 18.3. The number of hydrogen-bond acceptors (Lipinski definition) is 5. The average molecular weight is 307 g/mol. The molecular weight excluding hydrogens is 298 g/mol. The molecule has 8 heteroatoms. The molecule has 0 saturated heterocycles. The zero-order valence-corrected chi connectivity index (χ0v) is 11.7. The van der Waals surface area contributed by atoms with Crippen LogP contribution in [0.25, 0.3) is 15.8 Å². The fraction of sp³-hybridized carbons (Fsp3) is 0.0833. The van der Waals surface area contributed by atoms with Gasteiger partial charge in [0.2, 0.25) is 0 Å². The summed E-state index contributed by atoms with van der Waals surface area (Å²) in [4.78, 5) is 22.5. The number of thiophene rings is 1. The minimum Gasteiger partial charge on any atom is -0.481 e. The molecule has 3 aromatic rings. The Morgan fingerprint density at radius 3 is 3.10 bits per heavy atom. The van der Waals surface area contributed by atoms with Crippen LogP contribution in [0.15, 0.2) is 39.6 Å². The molecule has 2 aromatic heterocycles. The summed E-state index contributed by atoms with van der Waals surface area (Å²) in [5.41, 5.74) is 0.287. The second kappa shape index (κ2) is 5.14. The molecule has 0 aliphatic carbocycles. The predicted octanol–water partition coefficient (Wildman–Crippen LogP) is 1.95. The third-order valence-electron chi connectivity index (χ3n) is 2.66. The van der Waals surface area contributed by atoms with Crippen LogP contribution in [0.5, 0.6) is 0 Å². The van der Waals surface area contributed by atoms with Gasteiger partial charge in [-0.15, -0.1) is 16.4 Å². The Balaban J connectivity index is 2.05. The zero-order chi connectivity index (χ0) is 14.1. The Bertz CT molecular complexity index is 834. The largest absolute Gasteiger partial charge is 0.481 e. The van der Waals surface area contributed by atoms with Crippen LogP contribution in [-0.4, -0.2) is 31.6 Å². The Kier molecular flexibility index (Phi) is 3.33. The van der Waals surface area contributed by atoms with Gasteiger partial charge in [0.25, 0.3) is 0 Å². The monoisotopic (exact) mass is 307 g/mol. The standard InChI is InChI=1S/C12H9N3O3S2/c16-10(17)6-20-12-14-13-11(18)15(12)8-1-2-9-7(5-8)3-4-19-9/h1-5H,6H2,(H,13,18)(H,16,17). The summed E-state index contributed by atoms with van der Waals surface area (Å²) in [6.07, 6.45) is 0. The number of hydrogen-bond donors (Lipinski definition) is 2. The number of H-pyrrole nitrogens is 1. The molecule has 0 aliphatic rings. The number of aromatic nitrogens is 3. The highest BCUT2D eigenvalue weighted by atomic mass is 32.2. The molecule has 0 radical (unpaired) electrons. The highest BCUT2D eigenvalue weighted by Gasteiger charge is 2.13. The van der Waals surface area contributed by atoms with Crippen LogP contribution in [0.1, 0.15) is 0 Å². The number of fused-ring (bicyclic) bond motifs is 1. The van der Waals surface area contributed by atoms with Gasteiger partial charge in [-0.3, -0.25) is 4.79 Å². The van der Waals surface area contributed by atoms with E-state index in [4.69, 9.17) is 5.11 Å². The van der Waals surface area contributed by atoms with Gasteiger partial charge in [-0.1, -0.05) is 11.8 Å². The highest BCUT2D eigenvalue weighted by Crippen LogP contribution is 2.24. The number of nitrogens with zero attached hydrogens (tertiary/aromatic N) is 2. The topological polar surface area (TPSA) is 88.0 Å². The maximum absolute atomic E-state index is 11.8. The van der Waals surface area contributed by atoms with Gasteiger partial charge < -0.3 is 5.11 Å². The van der Waals surface area contributed by atoms with E-state index in [9.17, 15) is 9.59 Å². The second-order valence-corrected chi connectivity index (χ2v) is 5.86. The minimum atomic E-state index is -0.953. The first kappa shape index (κ1) is 12.9. The predicted molar refractivity (Wildman–Crippen MR) is 77.9 cm³/mol. The van der Waals surface area contributed by atoms with Crippen LogP contribution >= 0.6 is 23.1 Å². The normalized spacial score (nSPS) is 11.0. The Morgan fingerprint density at radius 2 is 2.30 bits per heavy atom. The van der Waals surface area contributed by atoms with Crippen LogP contribution in [0.3, 0.4) is 0 Å². The first-order valence-corrected chi connectivity index (χ1v) is 7.51. The van der Waals surface area contributed by atoms with Gasteiger partial charge in [-0.2, -0.15) is 0 Å². The molecule has 0 spiro atoms. The number of aliphatic carboxylic acids is 1. The summed E-state index contributed by atoms with van der Waals surface area (Å²) in [6, 6.07) is 7.60. The molecule has 0 bridgehead atoms. The molecular formula is C12H9N3O3S2. The number of thioether (sulfide) groups is 1. The van der Waals surface area contributed by atoms with Crippen LogP contribution in [0, 0.1) is 0 Å². The summed E-state index contributed by atoms with van der Waals surface area (Å²) < 4.78 is 2.51. The lowest BCUT2D eigenvalue weighted by Crippen LogP contribution is -2.15. The second-order valence-electron chi connectivity index (χ2n) is 3.97. The maximum Gasteiger partial charge on any atom is 0.348 e. The van der Waals surface area contributed by atoms with Crippen molar-refractivity contribution in [1.29, 1.82) is 0 Å². The lowest BCUT2D eigenvalue weighted by molar-refractivity contribution is -0.133. The van der Waals surface area contributed by atoms with Crippen molar-refractivity contribution in [2.45, 2.75) is 5.16 Å². The lowest BCUT2D eigenvalue weighted by Gasteiger charge is -2.04. The Hall–Kier alpha value is -2.06. The first-order valence-electron chi connectivity index (χ1n) is 5.65. The van der Waals surface area contributed by atoms with E-state index in [1.165, 1.54) is 4.57 Å². The third kappa shape index (κ3) is 2.35. The van der Waals surface area contributed by atoms with Crippen molar-refractivity contribution in [3.63, 3.8) is 0 Å². The van der Waals surface area contributed by atoms with Gasteiger partial charge in [-0.05, 0) is 35.0 Å². The number of nitrogens with one attached hydrogen (secondary N) is 1. The molecule has 0 fully saturated rings. The average Bonchev–Trinajstić information content (AvgIpc) is 3.01. The van der Waals surface area contributed by atoms with Crippen molar-refractivity contribution in [1.82, 2.24) is 14.8 Å². The molecule has 1 aromatic carbocycles. The van der Waals surface area contributed by atoms with E-state index in [1.54, 1.807) is 11.3 Å². The summed E-state index contributed by atoms with van der Waals surface area (Å²) in [5.74, 6) is -1.10. The lowest BCUT2D eigenvalue weighted by atomic mass is 10.2. The number of benzene rings is 1.